The van der Waals surface area contributed by atoms with E-state index in [1.807, 2.05) is 0 Å². The molecule has 0 saturated carbocycles. The topological polar surface area (TPSA) is 72.7 Å². The van der Waals surface area contributed by atoms with Gasteiger partial charge in [-0.15, -0.1) is 0 Å². The SMILES string of the molecule is Cc1nn(C)cc1-c1cc(C(=O)Nc2ccc(F)cn2)ncc1F. The summed E-state index contributed by atoms with van der Waals surface area (Å²) in [6.45, 7) is 1.75. The Balaban J connectivity index is 1.91. The van der Waals surface area contributed by atoms with Gasteiger partial charge in [-0.25, -0.2) is 18.7 Å². The molecule has 0 aliphatic rings. The van der Waals surface area contributed by atoms with Crippen molar-refractivity contribution >= 4 is 11.7 Å². The summed E-state index contributed by atoms with van der Waals surface area (Å²) >= 11 is 0. The Kier molecular flexibility index (Phi) is 4.03. The second-order valence-electron chi connectivity index (χ2n) is 5.17. The monoisotopic (exact) mass is 329 g/mol. The van der Waals surface area contributed by atoms with Crippen LogP contribution in [0.3, 0.4) is 0 Å². The lowest BCUT2D eigenvalue weighted by Gasteiger charge is -2.06. The van der Waals surface area contributed by atoms with E-state index in [0.717, 1.165) is 12.4 Å². The average molecular weight is 329 g/mol. The van der Waals surface area contributed by atoms with Crippen LogP contribution in [0.1, 0.15) is 16.2 Å². The number of rotatable bonds is 3. The number of nitrogens with zero attached hydrogens (tertiary/aromatic N) is 4. The van der Waals surface area contributed by atoms with Gasteiger partial charge in [0, 0.05) is 24.4 Å². The minimum atomic E-state index is -0.572. The van der Waals surface area contributed by atoms with Crippen molar-refractivity contribution in [3.8, 4) is 11.1 Å². The van der Waals surface area contributed by atoms with Gasteiger partial charge in [0.05, 0.1) is 18.1 Å². The van der Waals surface area contributed by atoms with E-state index >= 15 is 0 Å². The van der Waals surface area contributed by atoms with E-state index in [9.17, 15) is 13.6 Å². The zero-order valence-corrected chi connectivity index (χ0v) is 12.9. The van der Waals surface area contributed by atoms with Gasteiger partial charge in [0.2, 0.25) is 0 Å². The summed E-state index contributed by atoms with van der Waals surface area (Å²) in [7, 11) is 1.73. The highest BCUT2D eigenvalue weighted by molar-refractivity contribution is 6.03. The molecule has 24 heavy (non-hydrogen) atoms. The Morgan fingerprint density at radius 3 is 2.58 bits per heavy atom. The second-order valence-corrected chi connectivity index (χ2v) is 5.17. The number of carbonyl (C=O) groups is 1. The lowest BCUT2D eigenvalue weighted by molar-refractivity contribution is 0.102. The van der Waals surface area contributed by atoms with Crippen LogP contribution in [-0.2, 0) is 7.05 Å². The Morgan fingerprint density at radius 1 is 1.17 bits per heavy atom. The molecule has 6 nitrogen and oxygen atoms in total. The second kappa shape index (κ2) is 6.15. The van der Waals surface area contributed by atoms with Crippen LogP contribution in [0.2, 0.25) is 0 Å². The largest absolute Gasteiger partial charge is 0.305 e. The van der Waals surface area contributed by atoms with Gasteiger partial charge in [0.1, 0.15) is 23.1 Å². The Bertz CT molecular complexity index is 905. The van der Waals surface area contributed by atoms with E-state index in [1.165, 1.54) is 18.2 Å². The molecule has 3 aromatic heterocycles. The lowest BCUT2D eigenvalue weighted by atomic mass is 10.1. The Labute approximate surface area is 136 Å². The maximum atomic E-state index is 14.1. The number of hydrogen-bond acceptors (Lipinski definition) is 4. The molecule has 0 fully saturated rings. The number of hydrogen-bond donors (Lipinski definition) is 1. The van der Waals surface area contributed by atoms with Crippen LogP contribution in [0.15, 0.2) is 36.8 Å². The molecule has 0 unspecified atom stereocenters. The third kappa shape index (κ3) is 3.12. The van der Waals surface area contributed by atoms with Gasteiger partial charge in [0.25, 0.3) is 5.91 Å². The predicted molar refractivity (Wildman–Crippen MR) is 83.3 cm³/mol. The quantitative estimate of drug-likeness (QED) is 0.802. The van der Waals surface area contributed by atoms with Crippen LogP contribution in [0, 0.1) is 18.6 Å². The van der Waals surface area contributed by atoms with Gasteiger partial charge >= 0.3 is 0 Å². The van der Waals surface area contributed by atoms with E-state index in [0.29, 0.717) is 11.3 Å². The molecule has 1 N–H and O–H groups in total. The van der Waals surface area contributed by atoms with Crippen LogP contribution < -0.4 is 5.32 Å². The molecule has 0 bridgehead atoms. The van der Waals surface area contributed by atoms with E-state index in [1.54, 1.807) is 24.9 Å². The zero-order valence-electron chi connectivity index (χ0n) is 12.9. The summed E-state index contributed by atoms with van der Waals surface area (Å²) in [6.07, 6.45) is 3.63. The average Bonchev–Trinajstić information content (AvgIpc) is 2.88. The number of halogens is 2. The summed E-state index contributed by atoms with van der Waals surface area (Å²) in [6, 6.07) is 3.84. The van der Waals surface area contributed by atoms with Crippen molar-refractivity contribution in [1.82, 2.24) is 19.7 Å². The van der Waals surface area contributed by atoms with Crippen LogP contribution in [0.25, 0.3) is 11.1 Å². The van der Waals surface area contributed by atoms with E-state index in [-0.39, 0.29) is 17.1 Å². The Hall–Kier alpha value is -3.16. The molecule has 0 aliphatic carbocycles. The number of pyridine rings is 2. The highest BCUT2D eigenvalue weighted by Crippen LogP contribution is 2.25. The summed E-state index contributed by atoms with van der Waals surface area (Å²) in [5, 5.41) is 6.64. The molecule has 3 heterocycles. The Morgan fingerprint density at radius 2 is 1.96 bits per heavy atom. The molecule has 8 heteroatoms. The maximum absolute atomic E-state index is 14.1. The molecule has 3 rings (SSSR count). The van der Waals surface area contributed by atoms with Crippen molar-refractivity contribution < 1.29 is 13.6 Å². The summed E-state index contributed by atoms with van der Waals surface area (Å²) in [5.74, 6) is -1.46. The fourth-order valence-corrected chi connectivity index (χ4v) is 2.26. The van der Waals surface area contributed by atoms with Crippen molar-refractivity contribution in [3.05, 3.63) is 59.8 Å². The minimum absolute atomic E-state index is 0.0146. The number of amides is 1. The molecular formula is C16H13F2N5O. The zero-order chi connectivity index (χ0) is 17.3. The normalized spacial score (nSPS) is 10.7. The number of aromatic nitrogens is 4. The fraction of sp³-hybridized carbons (Fsp3) is 0.125. The smallest absolute Gasteiger partial charge is 0.275 e. The van der Waals surface area contributed by atoms with Crippen LogP contribution in [0.5, 0.6) is 0 Å². The fourth-order valence-electron chi connectivity index (χ4n) is 2.26. The molecule has 0 aliphatic heterocycles. The maximum Gasteiger partial charge on any atom is 0.275 e. The van der Waals surface area contributed by atoms with Gasteiger partial charge in [-0.1, -0.05) is 0 Å². The molecule has 0 aromatic carbocycles. The predicted octanol–water partition coefficient (Wildman–Crippen LogP) is 2.72. The van der Waals surface area contributed by atoms with Crippen molar-refractivity contribution in [3.63, 3.8) is 0 Å². The summed E-state index contributed by atoms with van der Waals surface area (Å²) in [5.41, 5.74) is 1.45. The third-order valence-electron chi connectivity index (χ3n) is 3.36. The summed E-state index contributed by atoms with van der Waals surface area (Å²) < 4.78 is 28.5. The van der Waals surface area contributed by atoms with E-state index < -0.39 is 17.5 Å². The molecule has 0 atom stereocenters. The lowest BCUT2D eigenvalue weighted by Crippen LogP contribution is -2.15. The molecule has 1 amide bonds. The van der Waals surface area contributed by atoms with Gasteiger partial charge < -0.3 is 5.32 Å². The molecule has 0 spiro atoms. The molecule has 3 aromatic rings. The molecular weight excluding hydrogens is 316 g/mol. The van der Waals surface area contributed by atoms with Gasteiger partial charge in [0.15, 0.2) is 0 Å². The summed E-state index contributed by atoms with van der Waals surface area (Å²) in [4.78, 5) is 19.8. The van der Waals surface area contributed by atoms with E-state index in [2.05, 4.69) is 20.4 Å². The van der Waals surface area contributed by atoms with Crippen molar-refractivity contribution in [2.75, 3.05) is 5.32 Å². The van der Waals surface area contributed by atoms with Gasteiger partial charge in [-0.05, 0) is 25.1 Å². The number of carbonyl (C=O) groups excluding carboxylic acids is 1. The third-order valence-corrected chi connectivity index (χ3v) is 3.36. The van der Waals surface area contributed by atoms with Crippen LogP contribution in [-0.4, -0.2) is 25.7 Å². The van der Waals surface area contributed by atoms with Gasteiger partial charge in [-0.2, -0.15) is 5.10 Å². The first-order valence-corrected chi connectivity index (χ1v) is 7.03. The minimum Gasteiger partial charge on any atom is -0.305 e. The highest BCUT2D eigenvalue weighted by atomic mass is 19.1. The first-order chi connectivity index (χ1) is 11.4. The standard InChI is InChI=1S/C16H13F2N5O/c1-9-12(8-23(2)22-9)11-5-14(19-7-13(11)18)16(24)21-15-4-3-10(17)6-20-15/h3-8H,1-2H3,(H,20,21,24). The number of anilines is 1. The number of aryl methyl sites for hydroxylation is 2. The number of nitrogens with one attached hydrogen (secondary N) is 1. The van der Waals surface area contributed by atoms with Crippen molar-refractivity contribution in [2.45, 2.75) is 6.92 Å². The van der Waals surface area contributed by atoms with Crippen molar-refractivity contribution in [1.29, 1.82) is 0 Å². The van der Waals surface area contributed by atoms with Crippen LogP contribution >= 0.6 is 0 Å². The first-order valence-electron chi connectivity index (χ1n) is 7.03. The van der Waals surface area contributed by atoms with Crippen molar-refractivity contribution in [2.24, 2.45) is 7.05 Å². The highest BCUT2D eigenvalue weighted by Gasteiger charge is 2.16. The molecule has 0 radical (unpaired) electrons. The molecule has 0 saturated heterocycles. The van der Waals surface area contributed by atoms with E-state index in [4.69, 9.17) is 0 Å². The first kappa shape index (κ1) is 15.7. The van der Waals surface area contributed by atoms with Crippen LogP contribution in [0.4, 0.5) is 14.6 Å². The van der Waals surface area contributed by atoms with Gasteiger partial charge in [-0.3, -0.25) is 9.48 Å². The molecule has 122 valence electrons.